The highest BCUT2D eigenvalue weighted by molar-refractivity contribution is 7.98. The lowest BCUT2D eigenvalue weighted by Gasteiger charge is -2.10. The zero-order chi connectivity index (χ0) is 15.8. The lowest BCUT2D eigenvalue weighted by atomic mass is 10.2. The van der Waals surface area contributed by atoms with Crippen molar-refractivity contribution in [1.82, 2.24) is 14.9 Å². The average molecular weight is 327 g/mol. The van der Waals surface area contributed by atoms with Gasteiger partial charge in [0.05, 0.1) is 4.90 Å². The molecule has 0 aliphatic heterocycles. The fourth-order valence-corrected chi connectivity index (χ4v) is 3.06. The van der Waals surface area contributed by atoms with Crippen LogP contribution in [-0.4, -0.2) is 41.1 Å². The summed E-state index contributed by atoms with van der Waals surface area (Å²) in [6, 6.07) is 4.37. The summed E-state index contributed by atoms with van der Waals surface area (Å²) in [7, 11) is -3.34. The smallest absolute Gasteiger partial charge is 0.308 e. The van der Waals surface area contributed by atoms with E-state index in [1.54, 1.807) is 6.26 Å². The van der Waals surface area contributed by atoms with E-state index in [1.165, 1.54) is 36.9 Å². The molecular formula is C12H13N3O4S2. The Kier molecular flexibility index (Phi) is 4.06. The molecule has 0 fully saturated rings. The maximum absolute atomic E-state index is 11.7. The molecule has 0 atom stereocenters. The van der Waals surface area contributed by atoms with Gasteiger partial charge in [0, 0.05) is 16.7 Å². The maximum atomic E-state index is 11.7. The SMILES string of the molecule is CSc1cc(S(C)(=O)=O)ccc1-c1nnc(C)c(=O)n1O. The maximum Gasteiger partial charge on any atom is 0.308 e. The van der Waals surface area contributed by atoms with E-state index in [-0.39, 0.29) is 16.4 Å². The third kappa shape index (κ3) is 2.93. The van der Waals surface area contributed by atoms with Crippen LogP contribution >= 0.6 is 11.8 Å². The third-order valence-electron chi connectivity index (χ3n) is 2.84. The molecule has 21 heavy (non-hydrogen) atoms. The first-order valence-electron chi connectivity index (χ1n) is 5.79. The minimum absolute atomic E-state index is 0.0324. The van der Waals surface area contributed by atoms with Crippen LogP contribution in [0.25, 0.3) is 11.4 Å². The van der Waals surface area contributed by atoms with Crippen LogP contribution in [0.4, 0.5) is 0 Å². The second kappa shape index (κ2) is 5.49. The largest absolute Gasteiger partial charge is 0.423 e. The Bertz CT molecular complexity index is 859. The summed E-state index contributed by atoms with van der Waals surface area (Å²) in [5.74, 6) is -0.0324. The highest BCUT2D eigenvalue weighted by Gasteiger charge is 2.17. The Hall–Kier alpha value is -1.87. The molecule has 1 aromatic carbocycles. The van der Waals surface area contributed by atoms with Crippen LogP contribution in [0.5, 0.6) is 0 Å². The lowest BCUT2D eigenvalue weighted by Crippen LogP contribution is -2.24. The first-order valence-corrected chi connectivity index (χ1v) is 8.91. The van der Waals surface area contributed by atoms with Gasteiger partial charge in [-0.2, -0.15) is 0 Å². The predicted octanol–water partition coefficient (Wildman–Crippen LogP) is 0.976. The van der Waals surface area contributed by atoms with E-state index in [9.17, 15) is 18.4 Å². The number of hydrogen-bond acceptors (Lipinski definition) is 7. The van der Waals surface area contributed by atoms with Crippen molar-refractivity contribution >= 4 is 21.6 Å². The summed E-state index contributed by atoms with van der Waals surface area (Å²) < 4.78 is 23.6. The van der Waals surface area contributed by atoms with Crippen molar-refractivity contribution in [3.63, 3.8) is 0 Å². The summed E-state index contributed by atoms with van der Waals surface area (Å²) in [4.78, 5) is 12.4. The molecule has 1 N–H and O–H groups in total. The van der Waals surface area contributed by atoms with Gasteiger partial charge in [-0.05, 0) is 31.4 Å². The van der Waals surface area contributed by atoms with E-state index in [1.807, 2.05) is 0 Å². The minimum atomic E-state index is -3.34. The highest BCUT2D eigenvalue weighted by Crippen LogP contribution is 2.30. The van der Waals surface area contributed by atoms with Crippen LogP contribution in [0.3, 0.4) is 0 Å². The molecule has 0 saturated carbocycles. The van der Waals surface area contributed by atoms with Gasteiger partial charge in [-0.1, -0.05) is 0 Å². The van der Waals surface area contributed by atoms with Gasteiger partial charge in [-0.15, -0.1) is 26.7 Å². The van der Waals surface area contributed by atoms with Crippen LogP contribution in [0.2, 0.25) is 0 Å². The van der Waals surface area contributed by atoms with E-state index in [4.69, 9.17) is 0 Å². The lowest BCUT2D eigenvalue weighted by molar-refractivity contribution is 0.173. The summed E-state index contributed by atoms with van der Waals surface area (Å²) in [6.07, 6.45) is 2.87. The topological polar surface area (TPSA) is 102 Å². The second-order valence-corrected chi connectivity index (χ2v) is 7.22. The highest BCUT2D eigenvalue weighted by atomic mass is 32.2. The van der Waals surface area contributed by atoms with Crippen molar-refractivity contribution in [3.8, 4) is 11.4 Å². The normalized spacial score (nSPS) is 11.6. The first-order chi connectivity index (χ1) is 9.75. The molecule has 1 aromatic heterocycles. The van der Waals surface area contributed by atoms with Gasteiger partial charge in [0.2, 0.25) is 5.82 Å². The second-order valence-electron chi connectivity index (χ2n) is 4.36. The molecular weight excluding hydrogens is 314 g/mol. The number of hydrogen-bond donors (Lipinski definition) is 1. The Morgan fingerprint density at radius 3 is 2.52 bits per heavy atom. The van der Waals surface area contributed by atoms with E-state index >= 15 is 0 Å². The summed E-state index contributed by atoms with van der Waals surface area (Å²) in [5, 5.41) is 17.4. The Balaban J connectivity index is 2.71. The number of aryl methyl sites for hydroxylation is 1. The summed E-state index contributed by atoms with van der Waals surface area (Å²) >= 11 is 1.28. The fourth-order valence-electron chi connectivity index (χ4n) is 1.71. The van der Waals surface area contributed by atoms with Gasteiger partial charge in [-0.25, -0.2) is 8.42 Å². The molecule has 1 heterocycles. The number of rotatable bonds is 3. The molecule has 0 aliphatic carbocycles. The number of sulfone groups is 1. The molecule has 7 nitrogen and oxygen atoms in total. The molecule has 2 aromatic rings. The van der Waals surface area contributed by atoms with Crippen LogP contribution in [-0.2, 0) is 9.84 Å². The summed E-state index contributed by atoms with van der Waals surface area (Å²) in [5.41, 5.74) is -0.166. The Labute approximate surface area is 125 Å². The third-order valence-corrected chi connectivity index (χ3v) is 4.73. The van der Waals surface area contributed by atoms with E-state index in [2.05, 4.69) is 10.2 Å². The zero-order valence-electron chi connectivity index (χ0n) is 11.6. The fraction of sp³-hybridized carbons (Fsp3) is 0.250. The molecule has 112 valence electrons. The number of benzene rings is 1. The van der Waals surface area contributed by atoms with Crippen molar-refractivity contribution in [2.75, 3.05) is 12.5 Å². The van der Waals surface area contributed by atoms with Crippen molar-refractivity contribution in [2.24, 2.45) is 0 Å². The van der Waals surface area contributed by atoms with Gasteiger partial charge >= 0.3 is 5.56 Å². The van der Waals surface area contributed by atoms with Crippen molar-refractivity contribution in [3.05, 3.63) is 34.2 Å². The molecule has 0 aliphatic rings. The van der Waals surface area contributed by atoms with Gasteiger partial charge in [0.15, 0.2) is 9.84 Å². The van der Waals surface area contributed by atoms with Crippen LogP contribution < -0.4 is 5.56 Å². The number of thioether (sulfide) groups is 1. The van der Waals surface area contributed by atoms with Crippen LogP contribution in [0.15, 0.2) is 32.8 Å². The Morgan fingerprint density at radius 2 is 1.95 bits per heavy atom. The zero-order valence-corrected chi connectivity index (χ0v) is 13.2. The van der Waals surface area contributed by atoms with Gasteiger partial charge in [0.1, 0.15) is 5.69 Å². The Morgan fingerprint density at radius 1 is 1.29 bits per heavy atom. The van der Waals surface area contributed by atoms with Crippen molar-refractivity contribution in [1.29, 1.82) is 0 Å². The van der Waals surface area contributed by atoms with Crippen LogP contribution in [0.1, 0.15) is 5.69 Å². The van der Waals surface area contributed by atoms with Gasteiger partial charge in [-0.3, -0.25) is 4.79 Å². The van der Waals surface area contributed by atoms with Crippen molar-refractivity contribution < 1.29 is 13.6 Å². The van der Waals surface area contributed by atoms with Gasteiger partial charge < -0.3 is 5.21 Å². The molecule has 0 unspecified atom stereocenters. The minimum Gasteiger partial charge on any atom is -0.423 e. The molecule has 0 bridgehead atoms. The van der Waals surface area contributed by atoms with Crippen molar-refractivity contribution in [2.45, 2.75) is 16.7 Å². The average Bonchev–Trinajstić information content (AvgIpc) is 2.43. The molecule has 2 rings (SSSR count). The van der Waals surface area contributed by atoms with Gasteiger partial charge in [0.25, 0.3) is 0 Å². The van der Waals surface area contributed by atoms with E-state index in [0.29, 0.717) is 15.2 Å². The number of aromatic nitrogens is 3. The summed E-state index contributed by atoms with van der Waals surface area (Å²) in [6.45, 7) is 1.44. The predicted molar refractivity (Wildman–Crippen MR) is 78.5 cm³/mol. The first kappa shape index (κ1) is 15.5. The molecule has 0 saturated heterocycles. The standard InChI is InChI=1S/C12H13N3O4S2/c1-7-12(16)15(17)11(14-13-7)9-5-4-8(21(3,18)19)6-10(9)20-2/h4-6,17H,1-3H3. The molecule has 0 spiro atoms. The number of nitrogens with zero attached hydrogens (tertiary/aromatic N) is 3. The molecule has 9 heteroatoms. The molecule has 0 radical (unpaired) electrons. The van der Waals surface area contributed by atoms with E-state index < -0.39 is 15.4 Å². The monoisotopic (exact) mass is 327 g/mol. The van der Waals surface area contributed by atoms with Crippen LogP contribution in [0, 0.1) is 6.92 Å². The molecule has 0 amide bonds. The van der Waals surface area contributed by atoms with E-state index in [0.717, 1.165) is 6.26 Å². The quantitative estimate of drug-likeness (QED) is 0.662.